The lowest BCUT2D eigenvalue weighted by Crippen LogP contribution is -2.59. The van der Waals surface area contributed by atoms with Crippen molar-refractivity contribution in [2.75, 3.05) is 9.80 Å². The van der Waals surface area contributed by atoms with E-state index in [-0.39, 0.29) is 28.5 Å². The molecule has 0 bridgehead atoms. The summed E-state index contributed by atoms with van der Waals surface area (Å²) in [5.74, 6) is 1.02. The topological polar surface area (TPSA) is 28.9 Å². The third-order valence-corrected chi connectivity index (χ3v) is 15.9. The summed E-state index contributed by atoms with van der Waals surface area (Å²) in [5.41, 5.74) is 18.2. The highest BCUT2D eigenvalue weighted by Gasteiger charge is 2.45. The molecule has 0 atom stereocenters. The van der Waals surface area contributed by atoms with E-state index in [1.165, 1.54) is 11.1 Å². The maximum atomic E-state index is 9.47. The predicted octanol–water partition coefficient (Wildman–Crippen LogP) is 18.7. The summed E-state index contributed by atoms with van der Waals surface area (Å²) in [6.07, 6.45) is 0. The number of furan rings is 1. The number of ether oxygens (including phenoxy) is 1. The summed E-state index contributed by atoms with van der Waals surface area (Å²) in [5, 5.41) is 1.79. The molecule has 0 N–H and O–H groups in total. The van der Waals surface area contributed by atoms with Crippen LogP contribution in [0.5, 0.6) is 11.5 Å². The number of hydrogen-bond donors (Lipinski definition) is 0. The van der Waals surface area contributed by atoms with E-state index in [1.807, 2.05) is 48.5 Å². The summed E-state index contributed by atoms with van der Waals surface area (Å²) >= 11 is 0. The molecule has 0 saturated carbocycles. The zero-order valence-corrected chi connectivity index (χ0v) is 45.1. The highest BCUT2D eigenvalue weighted by atomic mass is 16.5. The van der Waals surface area contributed by atoms with Gasteiger partial charge in [0, 0.05) is 39.3 Å². The Hall–Kier alpha value is -9.32. The molecule has 4 nitrogen and oxygen atoms in total. The van der Waals surface area contributed by atoms with Gasteiger partial charge in [0.05, 0.1) is 23.6 Å². The minimum Gasteiger partial charge on any atom is -0.454 e. The van der Waals surface area contributed by atoms with E-state index < -0.39 is 24.8 Å². The Morgan fingerprint density at radius 2 is 1.03 bits per heavy atom. The zero-order chi connectivity index (χ0) is 57.9. The molecule has 14 rings (SSSR count). The van der Waals surface area contributed by atoms with Crippen LogP contribution in [-0.2, 0) is 10.8 Å². The van der Waals surface area contributed by atoms with Crippen molar-refractivity contribution in [2.45, 2.75) is 52.4 Å². The van der Waals surface area contributed by atoms with Crippen LogP contribution in [0.1, 0.15) is 59.5 Å². The van der Waals surface area contributed by atoms with Crippen LogP contribution in [0.3, 0.4) is 0 Å². The highest BCUT2D eigenvalue weighted by Crippen LogP contribution is 2.53. The molecular formula is C74H59BN2O2. The molecule has 0 spiro atoms. The van der Waals surface area contributed by atoms with Gasteiger partial charge in [-0.2, -0.15) is 0 Å². The van der Waals surface area contributed by atoms with Gasteiger partial charge in [0.2, 0.25) is 0 Å². The summed E-state index contributed by atoms with van der Waals surface area (Å²) in [4.78, 5) is 4.70. The summed E-state index contributed by atoms with van der Waals surface area (Å²) in [6.45, 7) is 12.9. The second-order valence-corrected chi connectivity index (χ2v) is 22.9. The molecule has 11 aromatic carbocycles. The summed E-state index contributed by atoms with van der Waals surface area (Å²) < 4.78 is 60.3. The maximum absolute atomic E-state index is 9.47. The average molecular weight is 1020 g/mol. The molecule has 1 aromatic heterocycles. The second kappa shape index (κ2) is 18.7. The monoisotopic (exact) mass is 1020 g/mol. The van der Waals surface area contributed by atoms with Gasteiger partial charge in [-0.25, -0.2) is 0 Å². The van der Waals surface area contributed by atoms with Crippen LogP contribution in [-0.4, -0.2) is 6.71 Å². The zero-order valence-electron chi connectivity index (χ0n) is 50.1. The molecule has 79 heavy (non-hydrogen) atoms. The second-order valence-electron chi connectivity index (χ2n) is 22.9. The van der Waals surface area contributed by atoms with Crippen molar-refractivity contribution in [3.05, 3.63) is 260 Å². The van der Waals surface area contributed by atoms with Crippen molar-refractivity contribution < 1.29 is 16.0 Å². The molecule has 3 heterocycles. The van der Waals surface area contributed by atoms with Gasteiger partial charge in [-0.1, -0.05) is 236 Å². The van der Waals surface area contributed by atoms with Gasteiger partial charge in [-0.05, 0) is 126 Å². The Kier molecular flexibility index (Phi) is 10.1. The fourth-order valence-corrected chi connectivity index (χ4v) is 12.0. The van der Waals surface area contributed by atoms with Crippen molar-refractivity contribution in [3.8, 4) is 56.0 Å². The van der Waals surface area contributed by atoms with E-state index in [4.69, 9.17) is 13.3 Å². The fraction of sp³-hybridized carbons (Fsp3) is 0.108. The number of anilines is 6. The molecule has 2 aliphatic rings. The van der Waals surface area contributed by atoms with Crippen molar-refractivity contribution >= 4 is 79.2 Å². The van der Waals surface area contributed by atoms with E-state index in [2.05, 4.69) is 221 Å². The van der Waals surface area contributed by atoms with Crippen molar-refractivity contribution in [2.24, 2.45) is 0 Å². The number of para-hydroxylation sites is 2. The molecule has 12 aromatic rings. The van der Waals surface area contributed by atoms with E-state index in [0.717, 1.165) is 94.7 Å². The summed E-state index contributed by atoms with van der Waals surface area (Å²) in [7, 11) is 0. The van der Waals surface area contributed by atoms with E-state index in [9.17, 15) is 2.74 Å². The summed E-state index contributed by atoms with van der Waals surface area (Å²) in [6, 6.07) is 74.8. The quantitative estimate of drug-likeness (QED) is 0.142. The lowest BCUT2D eigenvalue weighted by molar-refractivity contribution is 0.481. The number of nitrogens with zero attached hydrogens (tertiary/aromatic N) is 2. The normalized spacial score (nSPS) is 13.6. The number of benzene rings is 11. The molecular weight excluding hydrogens is 960 g/mol. The number of hydrogen-bond acceptors (Lipinski definition) is 4. The van der Waals surface area contributed by atoms with Gasteiger partial charge in [0.25, 0.3) is 6.71 Å². The third kappa shape index (κ3) is 8.23. The van der Waals surface area contributed by atoms with Crippen LogP contribution in [0.4, 0.5) is 34.1 Å². The molecule has 0 radical (unpaired) electrons. The van der Waals surface area contributed by atoms with Crippen LogP contribution in [0.15, 0.2) is 253 Å². The fourth-order valence-electron chi connectivity index (χ4n) is 12.0. The van der Waals surface area contributed by atoms with Crippen LogP contribution < -0.4 is 30.9 Å². The van der Waals surface area contributed by atoms with E-state index in [1.54, 1.807) is 0 Å². The SMILES string of the molecule is [2H]c1c([2H])c([2H])c(-c2cc3c4c(c2)N(c2c(-c5ccccc5)cccc2-c2ccccc2)c2cc(-c5ccccc5)ccc2B4c2cc(N(c4ccc(C(C)(C)C)cc4)c4ccc(C(C)(C)C)cc4)c4c(oc5ccccc54)c2O3)c([2H])c1[2H]. The minimum atomic E-state index is -0.488. The van der Waals surface area contributed by atoms with Gasteiger partial charge >= 0.3 is 0 Å². The smallest absolute Gasteiger partial charge is 0.256 e. The Morgan fingerprint density at radius 3 is 1.62 bits per heavy atom. The molecule has 0 unspecified atom stereocenters. The molecule has 0 amide bonds. The van der Waals surface area contributed by atoms with Crippen molar-refractivity contribution in [1.82, 2.24) is 0 Å². The third-order valence-electron chi connectivity index (χ3n) is 15.9. The van der Waals surface area contributed by atoms with Crippen LogP contribution in [0.25, 0.3) is 66.4 Å². The first kappa shape index (κ1) is 42.8. The maximum Gasteiger partial charge on any atom is 0.256 e. The van der Waals surface area contributed by atoms with Crippen molar-refractivity contribution in [1.29, 1.82) is 0 Å². The van der Waals surface area contributed by atoms with E-state index in [0.29, 0.717) is 28.2 Å². The van der Waals surface area contributed by atoms with Crippen LogP contribution in [0.2, 0.25) is 0 Å². The largest absolute Gasteiger partial charge is 0.454 e. The lowest BCUT2D eigenvalue weighted by atomic mass is 9.34. The first-order valence-electron chi connectivity index (χ1n) is 29.7. The van der Waals surface area contributed by atoms with Gasteiger partial charge in [0.15, 0.2) is 11.3 Å². The standard InChI is InChI=1S/C74H59BN2O2/c1-73(2,3)54-35-39-56(40-36-54)76(57-41-37-55(38-42-57)74(4,5)6)64-47-62-71(72-68(64)60-30-19-20-33-66(60)78-72)79-67-46-53(49-24-13-8-14-25-49)45-65-69(67)75(62)61-43-34-52(48-22-11-7-12-23-48)44-63(61)77(65)70-58(50-26-15-9-16-27-50)31-21-32-59(70)51-28-17-10-18-29-51/h7-47H,1-6H3/i8D,13D,14D,24D,25D. The lowest BCUT2D eigenvalue weighted by Gasteiger charge is -2.42. The molecule has 5 heteroatoms. The van der Waals surface area contributed by atoms with Gasteiger partial charge in [-0.15, -0.1) is 0 Å². The Morgan fingerprint density at radius 1 is 0.468 bits per heavy atom. The molecule has 2 aliphatic heterocycles. The van der Waals surface area contributed by atoms with Crippen LogP contribution >= 0.6 is 0 Å². The average Bonchev–Trinajstić information content (AvgIpc) is 1.14. The highest BCUT2D eigenvalue weighted by molar-refractivity contribution is 6.99. The van der Waals surface area contributed by atoms with Gasteiger partial charge < -0.3 is 19.0 Å². The minimum absolute atomic E-state index is 0.0734. The van der Waals surface area contributed by atoms with Gasteiger partial charge in [0.1, 0.15) is 11.3 Å². The Balaban J connectivity index is 1.13. The molecule has 0 aliphatic carbocycles. The molecule has 0 fully saturated rings. The Bertz CT molecular complexity index is 4450. The predicted molar refractivity (Wildman–Crippen MR) is 333 cm³/mol. The number of rotatable bonds is 8. The van der Waals surface area contributed by atoms with Crippen LogP contribution in [0, 0.1) is 0 Å². The molecule has 380 valence electrons. The number of fused-ring (bicyclic) bond motifs is 8. The van der Waals surface area contributed by atoms with E-state index >= 15 is 0 Å². The molecule has 0 saturated heterocycles. The van der Waals surface area contributed by atoms with Crippen molar-refractivity contribution in [3.63, 3.8) is 0 Å². The first-order chi connectivity index (χ1) is 40.5. The first-order valence-corrected chi connectivity index (χ1v) is 27.2. The Labute approximate surface area is 470 Å². The van der Waals surface area contributed by atoms with Gasteiger partial charge in [-0.3, -0.25) is 0 Å².